The molecule has 4 nitrogen and oxygen atoms in total. The summed E-state index contributed by atoms with van der Waals surface area (Å²) in [6.45, 7) is 7.29. The van der Waals surface area contributed by atoms with Gasteiger partial charge in [0.1, 0.15) is 0 Å². The molecule has 1 aliphatic carbocycles. The highest BCUT2D eigenvalue weighted by Crippen LogP contribution is 2.31. The van der Waals surface area contributed by atoms with E-state index in [2.05, 4.69) is 22.5 Å². The quantitative estimate of drug-likeness (QED) is 0.796. The number of likely N-dealkylation sites (tertiary alicyclic amines) is 1. The van der Waals surface area contributed by atoms with Crippen molar-refractivity contribution in [1.29, 1.82) is 0 Å². The van der Waals surface area contributed by atoms with Crippen LogP contribution < -0.4 is 10.6 Å². The van der Waals surface area contributed by atoms with Crippen molar-refractivity contribution >= 4 is 5.91 Å². The third-order valence-electron chi connectivity index (χ3n) is 5.08. The van der Waals surface area contributed by atoms with Crippen LogP contribution in [-0.4, -0.2) is 49.6 Å². The lowest BCUT2D eigenvalue weighted by atomic mass is 9.82. The van der Waals surface area contributed by atoms with Crippen molar-refractivity contribution in [2.24, 2.45) is 11.3 Å². The van der Waals surface area contributed by atoms with Gasteiger partial charge in [-0.25, -0.2) is 0 Å². The molecule has 1 saturated carbocycles. The first-order valence-corrected chi connectivity index (χ1v) is 7.90. The highest BCUT2D eigenvalue weighted by molar-refractivity contribution is 5.82. The van der Waals surface area contributed by atoms with Crippen molar-refractivity contribution in [3.63, 3.8) is 0 Å². The standard InChI is InChI=1S/C15H27N3O/c1-15(6-2-7-16-11-15)14(19)17-9-12-5-8-18(10-12)13-3-4-13/h12-13,16H,2-11H2,1H3,(H,17,19). The van der Waals surface area contributed by atoms with Crippen molar-refractivity contribution in [2.75, 3.05) is 32.7 Å². The molecule has 3 aliphatic rings. The van der Waals surface area contributed by atoms with Gasteiger partial charge in [0.15, 0.2) is 0 Å². The first-order chi connectivity index (χ1) is 9.17. The van der Waals surface area contributed by atoms with E-state index in [1.807, 2.05) is 0 Å². The lowest BCUT2D eigenvalue weighted by molar-refractivity contribution is -0.131. The summed E-state index contributed by atoms with van der Waals surface area (Å²) >= 11 is 0. The van der Waals surface area contributed by atoms with Crippen LogP contribution in [0.15, 0.2) is 0 Å². The average Bonchev–Trinajstić information content (AvgIpc) is 3.16. The van der Waals surface area contributed by atoms with Crippen molar-refractivity contribution in [3.8, 4) is 0 Å². The highest BCUT2D eigenvalue weighted by Gasteiger charge is 2.37. The molecule has 2 atom stereocenters. The molecule has 2 heterocycles. The Morgan fingerprint density at radius 1 is 1.42 bits per heavy atom. The first-order valence-electron chi connectivity index (χ1n) is 7.90. The second kappa shape index (κ2) is 5.41. The van der Waals surface area contributed by atoms with E-state index in [-0.39, 0.29) is 11.3 Å². The number of carbonyl (C=O) groups excluding carboxylic acids is 1. The zero-order valence-corrected chi connectivity index (χ0v) is 12.1. The molecule has 3 fully saturated rings. The van der Waals surface area contributed by atoms with Crippen LogP contribution in [0.25, 0.3) is 0 Å². The van der Waals surface area contributed by atoms with Gasteiger partial charge >= 0.3 is 0 Å². The van der Waals surface area contributed by atoms with Gasteiger partial charge in [0.25, 0.3) is 0 Å². The van der Waals surface area contributed by atoms with Crippen LogP contribution in [-0.2, 0) is 4.79 Å². The topological polar surface area (TPSA) is 44.4 Å². The molecule has 0 radical (unpaired) electrons. The van der Waals surface area contributed by atoms with E-state index in [1.165, 1.54) is 32.4 Å². The third kappa shape index (κ3) is 3.11. The molecule has 108 valence electrons. The maximum Gasteiger partial charge on any atom is 0.227 e. The average molecular weight is 265 g/mol. The molecular formula is C15H27N3O. The summed E-state index contributed by atoms with van der Waals surface area (Å²) in [6, 6.07) is 0.876. The summed E-state index contributed by atoms with van der Waals surface area (Å²) in [4.78, 5) is 15.0. The number of nitrogens with one attached hydrogen (secondary N) is 2. The van der Waals surface area contributed by atoms with Crippen molar-refractivity contribution in [2.45, 2.75) is 45.1 Å². The predicted molar refractivity (Wildman–Crippen MR) is 75.9 cm³/mol. The van der Waals surface area contributed by atoms with E-state index >= 15 is 0 Å². The van der Waals surface area contributed by atoms with E-state index in [0.29, 0.717) is 5.92 Å². The summed E-state index contributed by atoms with van der Waals surface area (Å²) in [5.41, 5.74) is -0.187. The summed E-state index contributed by atoms with van der Waals surface area (Å²) in [7, 11) is 0. The fourth-order valence-electron chi connectivity index (χ4n) is 3.50. The zero-order chi connectivity index (χ0) is 13.3. The Hall–Kier alpha value is -0.610. The van der Waals surface area contributed by atoms with E-state index < -0.39 is 0 Å². The first kappa shape index (κ1) is 13.4. The van der Waals surface area contributed by atoms with Crippen LogP contribution in [0.5, 0.6) is 0 Å². The Morgan fingerprint density at radius 3 is 2.95 bits per heavy atom. The fourth-order valence-corrected chi connectivity index (χ4v) is 3.50. The fraction of sp³-hybridized carbons (Fsp3) is 0.933. The van der Waals surface area contributed by atoms with E-state index in [0.717, 1.165) is 38.5 Å². The predicted octanol–water partition coefficient (Wildman–Crippen LogP) is 0.977. The Morgan fingerprint density at radius 2 is 2.26 bits per heavy atom. The Bertz CT molecular complexity index is 334. The van der Waals surface area contributed by atoms with E-state index in [9.17, 15) is 4.79 Å². The SMILES string of the molecule is CC1(C(=O)NCC2CCN(C3CC3)C2)CCCNC1. The second-order valence-corrected chi connectivity index (χ2v) is 6.93. The van der Waals surface area contributed by atoms with Crippen LogP contribution >= 0.6 is 0 Å². The van der Waals surface area contributed by atoms with Gasteiger partial charge in [-0.1, -0.05) is 0 Å². The lowest BCUT2D eigenvalue weighted by Gasteiger charge is -2.33. The van der Waals surface area contributed by atoms with Gasteiger partial charge in [0, 0.05) is 25.7 Å². The minimum Gasteiger partial charge on any atom is -0.355 e. The van der Waals surface area contributed by atoms with Crippen LogP contribution in [0.1, 0.15) is 39.0 Å². The molecule has 2 saturated heterocycles. The molecule has 0 aromatic carbocycles. The normalized spacial score (nSPS) is 36.4. The molecule has 2 N–H and O–H groups in total. The largest absolute Gasteiger partial charge is 0.355 e. The zero-order valence-electron chi connectivity index (χ0n) is 12.1. The number of hydrogen-bond acceptors (Lipinski definition) is 3. The summed E-state index contributed by atoms with van der Waals surface area (Å²) < 4.78 is 0. The molecule has 1 amide bonds. The van der Waals surface area contributed by atoms with Gasteiger partial charge in [-0.05, 0) is 58.0 Å². The smallest absolute Gasteiger partial charge is 0.227 e. The van der Waals surface area contributed by atoms with Crippen molar-refractivity contribution in [1.82, 2.24) is 15.5 Å². The van der Waals surface area contributed by atoms with Crippen LogP contribution in [0.2, 0.25) is 0 Å². The van der Waals surface area contributed by atoms with Gasteiger partial charge in [-0.15, -0.1) is 0 Å². The number of amides is 1. The lowest BCUT2D eigenvalue weighted by Crippen LogP contribution is -2.49. The Balaban J connectivity index is 1.42. The number of nitrogens with zero attached hydrogens (tertiary/aromatic N) is 1. The van der Waals surface area contributed by atoms with E-state index in [4.69, 9.17) is 0 Å². The Kier molecular flexibility index (Phi) is 3.81. The van der Waals surface area contributed by atoms with Gasteiger partial charge in [0.2, 0.25) is 5.91 Å². The van der Waals surface area contributed by atoms with Gasteiger partial charge in [0.05, 0.1) is 5.41 Å². The van der Waals surface area contributed by atoms with E-state index in [1.54, 1.807) is 0 Å². The summed E-state index contributed by atoms with van der Waals surface area (Å²) in [5.74, 6) is 0.925. The molecule has 0 aromatic rings. The maximum atomic E-state index is 12.3. The summed E-state index contributed by atoms with van der Waals surface area (Å²) in [6.07, 6.45) is 6.17. The number of piperidine rings is 1. The van der Waals surface area contributed by atoms with Crippen LogP contribution in [0.3, 0.4) is 0 Å². The van der Waals surface area contributed by atoms with Gasteiger partial charge < -0.3 is 15.5 Å². The molecule has 3 rings (SSSR count). The van der Waals surface area contributed by atoms with Crippen LogP contribution in [0.4, 0.5) is 0 Å². The monoisotopic (exact) mass is 265 g/mol. The number of rotatable bonds is 4. The molecule has 0 aromatic heterocycles. The Labute approximate surface area is 116 Å². The maximum absolute atomic E-state index is 12.3. The van der Waals surface area contributed by atoms with Crippen molar-refractivity contribution < 1.29 is 4.79 Å². The number of hydrogen-bond donors (Lipinski definition) is 2. The third-order valence-corrected chi connectivity index (χ3v) is 5.08. The molecule has 2 aliphatic heterocycles. The molecule has 19 heavy (non-hydrogen) atoms. The molecule has 0 bridgehead atoms. The van der Waals surface area contributed by atoms with Gasteiger partial charge in [-0.2, -0.15) is 0 Å². The van der Waals surface area contributed by atoms with Crippen LogP contribution in [0, 0.1) is 11.3 Å². The minimum atomic E-state index is -0.187. The molecule has 4 heteroatoms. The van der Waals surface area contributed by atoms with Crippen molar-refractivity contribution in [3.05, 3.63) is 0 Å². The molecular weight excluding hydrogens is 238 g/mol. The second-order valence-electron chi connectivity index (χ2n) is 6.93. The minimum absolute atomic E-state index is 0.187. The van der Waals surface area contributed by atoms with Gasteiger partial charge in [-0.3, -0.25) is 4.79 Å². The summed E-state index contributed by atoms with van der Waals surface area (Å²) in [5, 5.41) is 6.55. The number of carbonyl (C=O) groups is 1. The highest BCUT2D eigenvalue weighted by atomic mass is 16.2. The molecule has 0 spiro atoms. The molecule has 2 unspecified atom stereocenters.